The summed E-state index contributed by atoms with van der Waals surface area (Å²) in [4.78, 5) is 18.8. The fraction of sp³-hybridized carbons (Fsp3) is 0.120. The molecule has 7 nitrogen and oxygen atoms in total. The minimum absolute atomic E-state index is 0.0347. The number of benzene rings is 3. The van der Waals surface area contributed by atoms with Crippen molar-refractivity contribution in [1.29, 1.82) is 10.8 Å². The molecule has 1 aliphatic rings. The van der Waals surface area contributed by atoms with Crippen LogP contribution in [0.4, 0.5) is 10.5 Å². The van der Waals surface area contributed by atoms with E-state index in [0.717, 1.165) is 16.7 Å². The van der Waals surface area contributed by atoms with Gasteiger partial charge in [-0.05, 0) is 18.6 Å². The van der Waals surface area contributed by atoms with Crippen LogP contribution in [0.1, 0.15) is 23.6 Å². The van der Waals surface area contributed by atoms with Crippen LogP contribution in [-0.2, 0) is 11.3 Å². The van der Waals surface area contributed by atoms with E-state index in [4.69, 9.17) is 20.5 Å². The molecular formula is C25H23N5O2. The predicted molar refractivity (Wildman–Crippen MR) is 126 cm³/mol. The van der Waals surface area contributed by atoms with Crippen molar-refractivity contribution in [3.8, 4) is 0 Å². The number of ether oxygens (including phenoxy) is 1. The Morgan fingerprint density at radius 1 is 1.00 bits per heavy atom. The van der Waals surface area contributed by atoms with Gasteiger partial charge >= 0.3 is 6.09 Å². The van der Waals surface area contributed by atoms with Gasteiger partial charge in [-0.2, -0.15) is 0 Å². The second kappa shape index (κ2) is 9.26. The van der Waals surface area contributed by atoms with Gasteiger partial charge in [0.15, 0.2) is 12.0 Å². The molecule has 1 heterocycles. The lowest BCUT2D eigenvalue weighted by Crippen LogP contribution is -2.48. The molecule has 1 unspecified atom stereocenters. The third-order valence-electron chi connectivity index (χ3n) is 5.01. The van der Waals surface area contributed by atoms with Crippen molar-refractivity contribution in [2.45, 2.75) is 19.7 Å². The first-order valence-corrected chi connectivity index (χ1v) is 10.2. The van der Waals surface area contributed by atoms with Crippen molar-refractivity contribution in [2.75, 3.05) is 4.90 Å². The first-order chi connectivity index (χ1) is 15.5. The predicted octanol–water partition coefficient (Wildman–Crippen LogP) is 4.57. The number of nitrogens with zero attached hydrogens (tertiary/aromatic N) is 2. The summed E-state index contributed by atoms with van der Waals surface area (Å²) in [5.41, 5.74) is 3.77. The number of rotatable bonds is 4. The number of amides is 1. The number of amidine groups is 2. The molecule has 3 aromatic rings. The number of nitrogens with one attached hydrogen (secondary N) is 3. The number of benzodiazepines with no additional fused rings is 1. The number of fused-ring (bicyclic) bond motifs is 1. The molecule has 0 saturated carbocycles. The van der Waals surface area contributed by atoms with Gasteiger partial charge in [-0.15, -0.1) is 0 Å². The monoisotopic (exact) mass is 425 g/mol. The fourth-order valence-corrected chi connectivity index (χ4v) is 3.55. The van der Waals surface area contributed by atoms with Crippen molar-refractivity contribution in [3.63, 3.8) is 0 Å². The summed E-state index contributed by atoms with van der Waals surface area (Å²) < 4.78 is 5.35. The van der Waals surface area contributed by atoms with E-state index in [1.54, 1.807) is 6.92 Å². The molecule has 4 rings (SSSR count). The first-order valence-electron chi connectivity index (χ1n) is 10.2. The van der Waals surface area contributed by atoms with Crippen LogP contribution in [0.25, 0.3) is 0 Å². The maximum atomic E-state index is 12.6. The Hall–Kier alpha value is -4.26. The first kappa shape index (κ1) is 21.0. The number of aliphatic imine (C=N–C) groups is 1. The summed E-state index contributed by atoms with van der Waals surface area (Å²) in [6.45, 7) is 1.71. The summed E-state index contributed by atoms with van der Waals surface area (Å²) in [5, 5.41) is 19.7. The molecule has 160 valence electrons. The van der Waals surface area contributed by atoms with Crippen LogP contribution >= 0.6 is 0 Å². The molecule has 0 fully saturated rings. The highest BCUT2D eigenvalue weighted by Crippen LogP contribution is 2.28. The molecule has 0 saturated heterocycles. The standard InChI is InChI=1S/C25H23N5O2/c1-17(26)30-21-15-9-8-14-20(21)22(19-12-6-3-7-13-19)28-24(23(30)27)29-25(31)32-16-18-10-4-2-5-11-18/h2-15,24,26-27H,16H2,1H3,(H,29,31). The highest BCUT2D eigenvalue weighted by Gasteiger charge is 2.31. The minimum Gasteiger partial charge on any atom is -0.445 e. The zero-order chi connectivity index (χ0) is 22.5. The van der Waals surface area contributed by atoms with Gasteiger partial charge in [0, 0.05) is 11.1 Å². The van der Waals surface area contributed by atoms with Crippen molar-refractivity contribution in [2.24, 2.45) is 4.99 Å². The largest absolute Gasteiger partial charge is 0.445 e. The Bertz CT molecular complexity index is 1180. The average Bonchev–Trinajstić information content (AvgIpc) is 2.93. The van der Waals surface area contributed by atoms with E-state index in [2.05, 4.69) is 5.32 Å². The van der Waals surface area contributed by atoms with Gasteiger partial charge in [0.1, 0.15) is 12.4 Å². The lowest BCUT2D eigenvalue weighted by atomic mass is 10.0. The molecule has 1 atom stereocenters. The molecule has 0 aromatic heterocycles. The molecule has 1 amide bonds. The van der Waals surface area contributed by atoms with E-state index < -0.39 is 12.3 Å². The third-order valence-corrected chi connectivity index (χ3v) is 5.01. The van der Waals surface area contributed by atoms with Crippen molar-refractivity contribution >= 4 is 29.2 Å². The summed E-state index contributed by atoms with van der Waals surface area (Å²) in [5.74, 6) is 0.115. The van der Waals surface area contributed by atoms with Crippen molar-refractivity contribution in [1.82, 2.24) is 5.32 Å². The third kappa shape index (κ3) is 4.41. The van der Waals surface area contributed by atoms with E-state index in [0.29, 0.717) is 11.4 Å². The second-order valence-corrected chi connectivity index (χ2v) is 7.28. The van der Waals surface area contributed by atoms with Crippen LogP contribution in [0.2, 0.25) is 0 Å². The van der Waals surface area contributed by atoms with Crippen LogP contribution in [0, 0.1) is 10.8 Å². The fourth-order valence-electron chi connectivity index (χ4n) is 3.55. The summed E-state index contributed by atoms with van der Waals surface area (Å²) >= 11 is 0. The van der Waals surface area contributed by atoms with Crippen molar-refractivity contribution in [3.05, 3.63) is 102 Å². The lowest BCUT2D eigenvalue weighted by Gasteiger charge is -2.26. The van der Waals surface area contributed by atoms with Gasteiger partial charge in [-0.3, -0.25) is 26.0 Å². The van der Waals surface area contributed by atoms with Crippen LogP contribution in [0.3, 0.4) is 0 Å². The average molecular weight is 425 g/mol. The van der Waals surface area contributed by atoms with E-state index in [-0.39, 0.29) is 18.3 Å². The van der Waals surface area contributed by atoms with E-state index in [1.807, 2.05) is 84.9 Å². The van der Waals surface area contributed by atoms with Crippen molar-refractivity contribution < 1.29 is 9.53 Å². The normalized spacial score (nSPS) is 15.3. The maximum Gasteiger partial charge on any atom is 0.409 e. The van der Waals surface area contributed by atoms with Gasteiger partial charge < -0.3 is 4.74 Å². The highest BCUT2D eigenvalue weighted by molar-refractivity contribution is 6.26. The topological polar surface area (TPSA) is 102 Å². The Labute approximate surface area is 186 Å². The molecule has 3 N–H and O–H groups in total. The Morgan fingerprint density at radius 3 is 2.31 bits per heavy atom. The molecule has 0 bridgehead atoms. The summed E-state index contributed by atoms with van der Waals surface area (Å²) in [6.07, 6.45) is -1.71. The smallest absolute Gasteiger partial charge is 0.409 e. The van der Waals surface area contributed by atoms with Gasteiger partial charge in [0.05, 0.1) is 11.4 Å². The van der Waals surface area contributed by atoms with Crippen LogP contribution in [0.15, 0.2) is 89.9 Å². The zero-order valence-corrected chi connectivity index (χ0v) is 17.6. The van der Waals surface area contributed by atoms with E-state index in [9.17, 15) is 4.79 Å². The Morgan fingerprint density at radius 2 is 1.62 bits per heavy atom. The maximum absolute atomic E-state index is 12.6. The van der Waals surface area contributed by atoms with E-state index >= 15 is 0 Å². The number of alkyl carbamates (subject to hydrolysis) is 1. The minimum atomic E-state index is -1.03. The van der Waals surface area contributed by atoms with Gasteiger partial charge in [0.25, 0.3) is 0 Å². The number of hydrogen-bond donors (Lipinski definition) is 3. The number of carbonyl (C=O) groups is 1. The van der Waals surface area contributed by atoms with E-state index in [1.165, 1.54) is 4.90 Å². The summed E-state index contributed by atoms with van der Waals surface area (Å²) in [6, 6.07) is 26.4. The molecule has 3 aromatic carbocycles. The van der Waals surface area contributed by atoms with Crippen LogP contribution in [0.5, 0.6) is 0 Å². The quantitative estimate of drug-likeness (QED) is 0.421. The van der Waals surface area contributed by atoms with Gasteiger partial charge in [0.2, 0.25) is 0 Å². The molecule has 1 aliphatic heterocycles. The molecular weight excluding hydrogens is 402 g/mol. The van der Waals surface area contributed by atoms with Crippen LogP contribution in [-0.4, -0.2) is 29.6 Å². The van der Waals surface area contributed by atoms with Gasteiger partial charge in [-0.1, -0.05) is 78.9 Å². The van der Waals surface area contributed by atoms with Gasteiger partial charge in [-0.25, -0.2) is 4.79 Å². The summed E-state index contributed by atoms with van der Waals surface area (Å²) in [7, 11) is 0. The molecule has 32 heavy (non-hydrogen) atoms. The Kier molecular flexibility index (Phi) is 6.07. The molecule has 0 aliphatic carbocycles. The molecule has 0 radical (unpaired) electrons. The number of hydrogen-bond acceptors (Lipinski definition) is 5. The number of carbonyl (C=O) groups excluding carboxylic acids is 1. The second-order valence-electron chi connectivity index (χ2n) is 7.28. The lowest BCUT2D eigenvalue weighted by molar-refractivity contribution is 0.138. The molecule has 7 heteroatoms. The molecule has 0 spiro atoms. The number of para-hydroxylation sites is 1. The Balaban J connectivity index is 1.69. The zero-order valence-electron chi connectivity index (χ0n) is 17.6. The number of anilines is 1. The SMILES string of the molecule is CC(=N)N1C(=N)C(NC(=O)OCc2ccccc2)N=C(c2ccccc2)c2ccccc21. The van der Waals surface area contributed by atoms with Crippen LogP contribution < -0.4 is 10.2 Å². The highest BCUT2D eigenvalue weighted by atomic mass is 16.5.